The van der Waals surface area contributed by atoms with Crippen LogP contribution >= 0.6 is 0 Å². The molecule has 100 valence electrons. The lowest BCUT2D eigenvalue weighted by molar-refractivity contribution is 0.198. The zero-order valence-electron chi connectivity index (χ0n) is 11.4. The highest BCUT2D eigenvalue weighted by atomic mass is 16.3. The van der Waals surface area contributed by atoms with Crippen LogP contribution in [-0.2, 0) is 6.61 Å². The number of hydrogen-bond donors (Lipinski definition) is 1. The predicted molar refractivity (Wildman–Crippen MR) is 71.6 cm³/mol. The molecule has 1 aliphatic heterocycles. The van der Waals surface area contributed by atoms with Crippen LogP contribution in [-0.4, -0.2) is 52.2 Å². The van der Waals surface area contributed by atoms with E-state index in [1.54, 1.807) is 6.20 Å². The number of aliphatic hydroxyl groups is 1. The summed E-state index contributed by atoms with van der Waals surface area (Å²) in [6.45, 7) is 10.4. The number of aryl methyl sites for hydroxylation is 1. The van der Waals surface area contributed by atoms with Crippen molar-refractivity contribution in [3.63, 3.8) is 0 Å². The van der Waals surface area contributed by atoms with E-state index in [1.807, 2.05) is 6.92 Å². The Morgan fingerprint density at radius 3 is 2.78 bits per heavy atom. The number of anilines is 1. The molecule has 1 atom stereocenters. The normalized spacial score (nSPS) is 21.3. The highest BCUT2D eigenvalue weighted by Crippen LogP contribution is 2.16. The number of hydrogen-bond acceptors (Lipinski definition) is 5. The quantitative estimate of drug-likeness (QED) is 0.860. The number of nitrogens with zero attached hydrogens (tertiary/aromatic N) is 4. The second kappa shape index (κ2) is 5.63. The second-order valence-electron chi connectivity index (χ2n) is 4.86. The summed E-state index contributed by atoms with van der Waals surface area (Å²) in [7, 11) is 0. The van der Waals surface area contributed by atoms with Gasteiger partial charge in [0, 0.05) is 43.1 Å². The van der Waals surface area contributed by atoms with Crippen LogP contribution in [0.4, 0.5) is 5.95 Å². The summed E-state index contributed by atoms with van der Waals surface area (Å²) in [5, 5.41) is 9.13. The molecule has 0 spiro atoms. The van der Waals surface area contributed by atoms with E-state index in [0.29, 0.717) is 6.04 Å². The van der Waals surface area contributed by atoms with Gasteiger partial charge in [0.05, 0.1) is 6.61 Å². The Morgan fingerprint density at radius 2 is 2.22 bits per heavy atom. The molecule has 0 radical (unpaired) electrons. The third-order valence-electron chi connectivity index (χ3n) is 3.69. The maximum atomic E-state index is 9.13. The van der Waals surface area contributed by atoms with Crippen molar-refractivity contribution in [2.75, 3.05) is 31.1 Å². The van der Waals surface area contributed by atoms with Gasteiger partial charge in [-0.15, -0.1) is 0 Å². The molecule has 0 bridgehead atoms. The lowest BCUT2D eigenvalue weighted by Gasteiger charge is -2.39. The molecule has 0 saturated carbocycles. The van der Waals surface area contributed by atoms with Crippen molar-refractivity contribution in [2.45, 2.75) is 33.4 Å². The minimum atomic E-state index is 0.00608. The van der Waals surface area contributed by atoms with Gasteiger partial charge in [-0.3, -0.25) is 4.90 Å². The SMILES string of the molecule is CCN1CCN(c2ncc(CO)c(C)n2)CC1C. The van der Waals surface area contributed by atoms with Crippen molar-refractivity contribution < 1.29 is 5.11 Å². The van der Waals surface area contributed by atoms with Gasteiger partial charge in [0.15, 0.2) is 0 Å². The molecule has 1 N–H and O–H groups in total. The van der Waals surface area contributed by atoms with Crippen molar-refractivity contribution in [3.05, 3.63) is 17.5 Å². The van der Waals surface area contributed by atoms with Gasteiger partial charge in [-0.1, -0.05) is 6.92 Å². The highest BCUT2D eigenvalue weighted by molar-refractivity contribution is 5.33. The maximum absolute atomic E-state index is 9.13. The van der Waals surface area contributed by atoms with E-state index in [1.165, 1.54) is 0 Å². The summed E-state index contributed by atoms with van der Waals surface area (Å²) >= 11 is 0. The first-order valence-electron chi connectivity index (χ1n) is 6.58. The Morgan fingerprint density at radius 1 is 1.44 bits per heavy atom. The molecule has 0 aromatic carbocycles. The standard InChI is InChI=1S/C13H22N4O/c1-4-16-5-6-17(8-10(16)2)13-14-7-12(9-18)11(3)15-13/h7,10,18H,4-6,8-9H2,1-3H3. The lowest BCUT2D eigenvalue weighted by atomic mass is 10.2. The molecule has 1 aliphatic rings. The molecule has 5 heteroatoms. The molecule has 1 saturated heterocycles. The first kappa shape index (κ1) is 13.2. The van der Waals surface area contributed by atoms with Crippen LogP contribution in [0, 0.1) is 6.92 Å². The van der Waals surface area contributed by atoms with Crippen LogP contribution in [0.1, 0.15) is 25.1 Å². The molecule has 0 aliphatic carbocycles. The Kier molecular flexibility index (Phi) is 4.14. The fraction of sp³-hybridized carbons (Fsp3) is 0.692. The number of rotatable bonds is 3. The van der Waals surface area contributed by atoms with Crippen LogP contribution in [0.5, 0.6) is 0 Å². The Labute approximate surface area is 108 Å². The molecule has 1 unspecified atom stereocenters. The van der Waals surface area contributed by atoms with Crippen LogP contribution in [0.15, 0.2) is 6.20 Å². The van der Waals surface area contributed by atoms with E-state index >= 15 is 0 Å². The Balaban J connectivity index is 2.11. The van der Waals surface area contributed by atoms with Gasteiger partial charge in [0.25, 0.3) is 0 Å². The summed E-state index contributed by atoms with van der Waals surface area (Å²) < 4.78 is 0. The van der Waals surface area contributed by atoms with E-state index < -0.39 is 0 Å². The molecule has 1 aromatic heterocycles. The Bertz CT molecular complexity index is 410. The van der Waals surface area contributed by atoms with Crippen molar-refractivity contribution in [3.8, 4) is 0 Å². The van der Waals surface area contributed by atoms with Gasteiger partial charge in [-0.2, -0.15) is 0 Å². The zero-order valence-corrected chi connectivity index (χ0v) is 11.4. The monoisotopic (exact) mass is 250 g/mol. The number of aliphatic hydroxyl groups excluding tert-OH is 1. The summed E-state index contributed by atoms with van der Waals surface area (Å²) in [6.07, 6.45) is 1.73. The van der Waals surface area contributed by atoms with Crippen LogP contribution in [0.2, 0.25) is 0 Å². The fourth-order valence-electron chi connectivity index (χ4n) is 2.43. The molecular formula is C13H22N4O. The Hall–Kier alpha value is -1.20. The third kappa shape index (κ3) is 2.62. The van der Waals surface area contributed by atoms with Crippen molar-refractivity contribution >= 4 is 5.95 Å². The molecule has 0 amide bonds. The molecular weight excluding hydrogens is 228 g/mol. The van der Waals surface area contributed by atoms with Crippen LogP contribution in [0.3, 0.4) is 0 Å². The molecule has 2 heterocycles. The minimum Gasteiger partial charge on any atom is -0.392 e. The number of likely N-dealkylation sites (N-methyl/N-ethyl adjacent to an activating group) is 1. The highest BCUT2D eigenvalue weighted by Gasteiger charge is 2.24. The average molecular weight is 250 g/mol. The lowest BCUT2D eigenvalue weighted by Crippen LogP contribution is -2.52. The van der Waals surface area contributed by atoms with E-state index in [-0.39, 0.29) is 6.61 Å². The van der Waals surface area contributed by atoms with Crippen LogP contribution < -0.4 is 4.90 Å². The van der Waals surface area contributed by atoms with Gasteiger partial charge in [0.2, 0.25) is 5.95 Å². The number of piperazine rings is 1. The van der Waals surface area contributed by atoms with E-state index in [4.69, 9.17) is 5.11 Å². The summed E-state index contributed by atoms with van der Waals surface area (Å²) in [5.74, 6) is 0.785. The van der Waals surface area contributed by atoms with Crippen LogP contribution in [0.25, 0.3) is 0 Å². The van der Waals surface area contributed by atoms with Crippen molar-refractivity contribution in [1.82, 2.24) is 14.9 Å². The maximum Gasteiger partial charge on any atom is 0.225 e. The van der Waals surface area contributed by atoms with Gasteiger partial charge in [0.1, 0.15) is 0 Å². The molecule has 1 fully saturated rings. The average Bonchev–Trinajstić information content (AvgIpc) is 2.38. The molecule has 18 heavy (non-hydrogen) atoms. The topological polar surface area (TPSA) is 52.5 Å². The van der Waals surface area contributed by atoms with E-state index in [2.05, 4.69) is 33.6 Å². The predicted octanol–water partition coefficient (Wildman–Crippen LogP) is 0.808. The smallest absolute Gasteiger partial charge is 0.225 e. The largest absolute Gasteiger partial charge is 0.392 e. The van der Waals surface area contributed by atoms with Gasteiger partial charge >= 0.3 is 0 Å². The minimum absolute atomic E-state index is 0.00608. The second-order valence-corrected chi connectivity index (χ2v) is 4.86. The first-order chi connectivity index (χ1) is 8.65. The zero-order chi connectivity index (χ0) is 13.1. The van der Waals surface area contributed by atoms with E-state index in [9.17, 15) is 0 Å². The molecule has 2 rings (SSSR count). The summed E-state index contributed by atoms with van der Waals surface area (Å²) in [4.78, 5) is 13.5. The number of aromatic nitrogens is 2. The van der Waals surface area contributed by atoms with Gasteiger partial charge in [-0.05, 0) is 20.4 Å². The van der Waals surface area contributed by atoms with E-state index in [0.717, 1.165) is 43.4 Å². The molecule has 5 nitrogen and oxygen atoms in total. The third-order valence-corrected chi connectivity index (χ3v) is 3.69. The fourth-order valence-corrected chi connectivity index (χ4v) is 2.43. The van der Waals surface area contributed by atoms with Crippen molar-refractivity contribution in [2.24, 2.45) is 0 Å². The first-order valence-corrected chi connectivity index (χ1v) is 6.58. The summed E-state index contributed by atoms with van der Waals surface area (Å²) in [6, 6.07) is 0.533. The van der Waals surface area contributed by atoms with Crippen molar-refractivity contribution in [1.29, 1.82) is 0 Å². The van der Waals surface area contributed by atoms with Gasteiger partial charge in [-0.25, -0.2) is 9.97 Å². The van der Waals surface area contributed by atoms with Gasteiger partial charge < -0.3 is 10.0 Å². The molecule has 1 aromatic rings. The summed E-state index contributed by atoms with van der Waals surface area (Å²) in [5.41, 5.74) is 1.67.